The first-order valence-corrected chi connectivity index (χ1v) is 21.4. The van der Waals surface area contributed by atoms with Gasteiger partial charge < -0.3 is 13.9 Å². The highest BCUT2D eigenvalue weighted by molar-refractivity contribution is 6.16. The second-order valence-electron chi connectivity index (χ2n) is 16.4. The van der Waals surface area contributed by atoms with Gasteiger partial charge in [-0.15, -0.1) is 0 Å². The van der Waals surface area contributed by atoms with Gasteiger partial charge in [-0.3, -0.25) is 0 Å². The van der Waals surface area contributed by atoms with Crippen LogP contribution >= 0.6 is 0 Å². The Morgan fingerprint density at radius 1 is 0.403 bits per heavy atom. The molecule has 0 aliphatic heterocycles. The lowest BCUT2D eigenvalue weighted by atomic mass is 9.89. The van der Waals surface area contributed by atoms with Gasteiger partial charge in [-0.25, -0.2) is 0 Å². The summed E-state index contributed by atoms with van der Waals surface area (Å²) < 4.78 is 8.97. The van der Waals surface area contributed by atoms with E-state index in [4.69, 9.17) is 4.42 Å². The van der Waals surface area contributed by atoms with Crippen molar-refractivity contribution in [2.75, 3.05) is 4.90 Å². The van der Waals surface area contributed by atoms with Crippen molar-refractivity contribution in [1.82, 2.24) is 4.57 Å². The van der Waals surface area contributed by atoms with E-state index in [1.54, 1.807) is 0 Å². The van der Waals surface area contributed by atoms with Crippen LogP contribution in [0.3, 0.4) is 0 Å². The molecule has 290 valence electrons. The number of fused-ring (bicyclic) bond motifs is 11. The molecule has 2 heterocycles. The van der Waals surface area contributed by atoms with Crippen LogP contribution in [0.1, 0.15) is 22.6 Å². The Bertz CT molecular complexity index is 3620. The largest absolute Gasteiger partial charge is 0.455 e. The molecule has 12 aromatic rings. The zero-order valence-corrected chi connectivity index (χ0v) is 33.7. The number of hydrogen-bond donors (Lipinski definition) is 0. The van der Waals surface area contributed by atoms with Crippen LogP contribution < -0.4 is 4.90 Å². The van der Waals surface area contributed by atoms with Crippen LogP contribution in [0, 0.1) is 0 Å². The van der Waals surface area contributed by atoms with E-state index in [2.05, 4.69) is 234 Å². The van der Waals surface area contributed by atoms with Gasteiger partial charge in [-0.05, 0) is 105 Å². The average Bonchev–Trinajstić information content (AvgIpc) is 4.00. The van der Waals surface area contributed by atoms with E-state index in [-0.39, 0.29) is 5.92 Å². The minimum Gasteiger partial charge on any atom is -0.455 e. The first kappa shape index (κ1) is 34.7. The van der Waals surface area contributed by atoms with Crippen molar-refractivity contribution >= 4 is 71.6 Å². The number of para-hydroxylation sites is 3. The molecule has 0 saturated heterocycles. The van der Waals surface area contributed by atoms with E-state index in [1.165, 1.54) is 55.0 Å². The van der Waals surface area contributed by atoms with Gasteiger partial charge in [0.25, 0.3) is 0 Å². The smallest absolute Gasteiger partial charge is 0.143 e. The van der Waals surface area contributed by atoms with Gasteiger partial charge in [0.2, 0.25) is 0 Å². The van der Waals surface area contributed by atoms with Gasteiger partial charge in [0.05, 0.1) is 16.7 Å². The van der Waals surface area contributed by atoms with Gasteiger partial charge in [0.15, 0.2) is 0 Å². The fourth-order valence-electron chi connectivity index (χ4n) is 10.3. The number of anilines is 3. The van der Waals surface area contributed by atoms with E-state index in [1.807, 2.05) is 0 Å². The summed E-state index contributed by atoms with van der Waals surface area (Å²) in [7, 11) is 0. The summed E-state index contributed by atoms with van der Waals surface area (Å²) in [5, 5.41) is 7.04. The Hall–Kier alpha value is -8.14. The minimum atomic E-state index is 0.171. The van der Waals surface area contributed by atoms with E-state index < -0.39 is 0 Å². The van der Waals surface area contributed by atoms with Gasteiger partial charge >= 0.3 is 0 Å². The van der Waals surface area contributed by atoms with E-state index in [9.17, 15) is 0 Å². The Labute approximate surface area is 359 Å². The molecule has 1 aliphatic carbocycles. The maximum atomic E-state index is 6.57. The molecule has 10 aromatic carbocycles. The predicted molar refractivity (Wildman–Crippen MR) is 259 cm³/mol. The molecular formula is C59H38N2O. The zero-order valence-electron chi connectivity index (χ0n) is 33.7. The molecule has 62 heavy (non-hydrogen) atoms. The molecule has 3 heteroatoms. The Balaban J connectivity index is 0.997. The van der Waals surface area contributed by atoms with E-state index >= 15 is 0 Å². The van der Waals surface area contributed by atoms with Gasteiger partial charge in [-0.2, -0.15) is 0 Å². The lowest BCUT2D eigenvalue weighted by Gasteiger charge is -2.29. The van der Waals surface area contributed by atoms with Crippen LogP contribution in [0.15, 0.2) is 229 Å². The molecule has 0 saturated carbocycles. The van der Waals surface area contributed by atoms with Crippen LogP contribution in [0.4, 0.5) is 17.1 Å². The van der Waals surface area contributed by atoms with Crippen LogP contribution in [0.2, 0.25) is 0 Å². The van der Waals surface area contributed by atoms with E-state index in [0.717, 1.165) is 61.2 Å². The van der Waals surface area contributed by atoms with E-state index in [0.29, 0.717) is 0 Å². The van der Waals surface area contributed by atoms with Gasteiger partial charge in [0, 0.05) is 55.5 Å². The van der Waals surface area contributed by atoms with Crippen molar-refractivity contribution in [2.45, 2.75) is 5.92 Å². The summed E-state index contributed by atoms with van der Waals surface area (Å²) in [6.07, 6.45) is 0. The van der Waals surface area contributed by atoms with Gasteiger partial charge in [0.1, 0.15) is 11.2 Å². The minimum absolute atomic E-state index is 0.171. The third-order valence-corrected chi connectivity index (χ3v) is 13.1. The maximum absolute atomic E-state index is 6.57. The number of benzene rings is 10. The molecule has 1 aliphatic rings. The highest BCUT2D eigenvalue weighted by atomic mass is 16.3. The molecule has 3 nitrogen and oxygen atoms in total. The van der Waals surface area contributed by atoms with Crippen molar-refractivity contribution < 1.29 is 4.42 Å². The molecule has 0 bridgehead atoms. The summed E-state index contributed by atoms with van der Waals surface area (Å²) >= 11 is 0. The molecule has 0 radical (unpaired) electrons. The van der Waals surface area contributed by atoms with Crippen molar-refractivity contribution in [1.29, 1.82) is 0 Å². The van der Waals surface area contributed by atoms with Crippen molar-refractivity contribution in [3.63, 3.8) is 0 Å². The average molecular weight is 791 g/mol. The SMILES string of the molecule is c1cc(N(c2ccc(C3c4ccccc4-c4ccccc43)cc2)c2ccccc2-c2ccc3oc4c5ccccc5ccc4c3c2)cc(-n2c3ccccc3c3ccccc32)c1. The molecule has 2 aromatic heterocycles. The Morgan fingerprint density at radius 2 is 1.03 bits per heavy atom. The predicted octanol–water partition coefficient (Wildman–Crippen LogP) is 16.1. The molecule has 0 atom stereocenters. The maximum Gasteiger partial charge on any atom is 0.143 e. The molecule has 0 amide bonds. The number of aromatic nitrogens is 1. The van der Waals surface area contributed by atoms with Crippen molar-refractivity contribution in [3.05, 3.63) is 241 Å². The normalized spacial score (nSPS) is 12.5. The zero-order chi connectivity index (χ0) is 40.7. The summed E-state index contributed by atoms with van der Waals surface area (Å²) in [6.45, 7) is 0. The highest BCUT2D eigenvalue weighted by Crippen LogP contribution is 2.49. The lowest BCUT2D eigenvalue weighted by Crippen LogP contribution is -2.12. The molecule has 13 rings (SSSR count). The fourth-order valence-corrected chi connectivity index (χ4v) is 10.3. The quantitative estimate of drug-likeness (QED) is 0.167. The molecule has 0 unspecified atom stereocenters. The fraction of sp³-hybridized carbons (Fsp3) is 0.0169. The number of hydrogen-bond acceptors (Lipinski definition) is 2. The van der Waals surface area contributed by atoms with Crippen molar-refractivity contribution in [2.24, 2.45) is 0 Å². The summed E-state index contributed by atoms with van der Waals surface area (Å²) in [5.74, 6) is 0.171. The Kier molecular flexibility index (Phi) is 7.67. The second-order valence-corrected chi connectivity index (χ2v) is 16.4. The first-order chi connectivity index (χ1) is 30.8. The highest BCUT2D eigenvalue weighted by Gasteiger charge is 2.30. The molecular weight excluding hydrogens is 753 g/mol. The van der Waals surface area contributed by atoms with Crippen molar-refractivity contribution in [3.8, 4) is 27.9 Å². The third-order valence-electron chi connectivity index (χ3n) is 13.1. The van der Waals surface area contributed by atoms with Crippen LogP contribution in [0.25, 0.3) is 82.5 Å². The second kappa shape index (κ2) is 13.7. The number of nitrogens with zero attached hydrogens (tertiary/aromatic N) is 2. The summed E-state index contributed by atoms with van der Waals surface area (Å²) in [4.78, 5) is 2.43. The number of rotatable bonds is 6. The monoisotopic (exact) mass is 790 g/mol. The number of furan rings is 1. The molecule has 0 N–H and O–H groups in total. The third kappa shape index (κ3) is 5.25. The standard InChI is InChI=1S/C59H38N2O/c1-2-18-45-38(14-1)30-34-52-53-36-40(31-35-57(53)62-59(45)52)44-17-7-10-25-54(44)60(41-32-28-39(29-33-41)58-50-23-5-3-19-46(50)47-20-4-6-24-51(47)58)42-15-13-16-43(37-42)61-55-26-11-8-21-48(55)49-22-9-12-27-56(49)61/h1-37,58H. The first-order valence-electron chi connectivity index (χ1n) is 21.4. The van der Waals surface area contributed by atoms with Crippen LogP contribution in [-0.2, 0) is 0 Å². The van der Waals surface area contributed by atoms with Gasteiger partial charge in [-0.1, -0.05) is 158 Å². The summed E-state index contributed by atoms with van der Waals surface area (Å²) in [6, 6.07) is 81.8. The topological polar surface area (TPSA) is 21.3 Å². The lowest BCUT2D eigenvalue weighted by molar-refractivity contribution is 0.672. The molecule has 0 spiro atoms. The summed E-state index contributed by atoms with van der Waals surface area (Å²) in [5.41, 5.74) is 17.5. The van der Waals surface area contributed by atoms with Crippen LogP contribution in [0.5, 0.6) is 0 Å². The van der Waals surface area contributed by atoms with Crippen LogP contribution in [-0.4, -0.2) is 4.57 Å². The molecule has 0 fully saturated rings. The Morgan fingerprint density at radius 3 is 1.77 bits per heavy atom.